The number of halogens is 2. The fraction of sp³-hybridized carbons (Fsp3) is 0.0714. The van der Waals surface area contributed by atoms with Gasteiger partial charge < -0.3 is 5.11 Å². The monoisotopic (exact) mass is 305 g/mol. The minimum absolute atomic E-state index is 0.249. The van der Waals surface area contributed by atoms with Gasteiger partial charge in [-0.05, 0) is 17.7 Å². The summed E-state index contributed by atoms with van der Waals surface area (Å²) in [4.78, 5) is 12.1. The smallest absolute Gasteiger partial charge is 0.159 e. The van der Waals surface area contributed by atoms with Crippen molar-refractivity contribution in [3.63, 3.8) is 0 Å². The zero-order valence-electron chi connectivity index (χ0n) is 10.6. The lowest BCUT2D eigenvalue weighted by Gasteiger charge is -2.08. The van der Waals surface area contributed by atoms with Crippen LogP contribution in [0.5, 0.6) is 0 Å². The average molecular weight is 305 g/mol. The largest absolute Gasteiger partial charge is 0.381 e. The van der Waals surface area contributed by atoms with E-state index in [9.17, 15) is 13.9 Å². The van der Waals surface area contributed by atoms with Crippen molar-refractivity contribution in [1.29, 1.82) is 0 Å². The van der Waals surface area contributed by atoms with Crippen LogP contribution < -0.4 is 0 Å². The first-order valence-corrected chi connectivity index (χ1v) is 6.87. The van der Waals surface area contributed by atoms with E-state index in [1.807, 2.05) is 0 Å². The molecule has 3 rings (SSSR count). The SMILES string of the molecule is OC(c1ccc(F)c(F)c1)c1nc(-c2cncnc2)cs1. The Hall–Kier alpha value is -2.25. The first kappa shape index (κ1) is 13.7. The van der Waals surface area contributed by atoms with Crippen LogP contribution >= 0.6 is 11.3 Å². The highest BCUT2D eigenvalue weighted by atomic mass is 32.1. The first-order chi connectivity index (χ1) is 10.1. The Kier molecular flexibility index (Phi) is 3.68. The second-order valence-corrected chi connectivity index (χ2v) is 5.16. The van der Waals surface area contributed by atoms with E-state index in [1.54, 1.807) is 17.8 Å². The lowest BCUT2D eigenvalue weighted by molar-refractivity contribution is 0.219. The van der Waals surface area contributed by atoms with E-state index in [-0.39, 0.29) is 5.56 Å². The van der Waals surface area contributed by atoms with Crippen LogP contribution in [0.3, 0.4) is 0 Å². The van der Waals surface area contributed by atoms with Crippen molar-refractivity contribution in [2.24, 2.45) is 0 Å². The molecule has 2 aromatic heterocycles. The molecule has 1 aromatic carbocycles. The number of nitrogens with zero attached hydrogens (tertiary/aromatic N) is 3. The van der Waals surface area contributed by atoms with Crippen LogP contribution in [0.1, 0.15) is 16.7 Å². The predicted octanol–water partition coefficient (Wildman–Crippen LogP) is 2.96. The molecule has 1 N–H and O–H groups in total. The summed E-state index contributed by atoms with van der Waals surface area (Å²) in [5, 5.41) is 12.3. The molecule has 0 bridgehead atoms. The van der Waals surface area contributed by atoms with Gasteiger partial charge in [0, 0.05) is 23.3 Å². The zero-order valence-corrected chi connectivity index (χ0v) is 11.4. The topological polar surface area (TPSA) is 58.9 Å². The molecule has 4 nitrogen and oxygen atoms in total. The van der Waals surface area contributed by atoms with Gasteiger partial charge in [0.25, 0.3) is 0 Å². The Morgan fingerprint density at radius 3 is 2.57 bits per heavy atom. The standard InChI is InChI=1S/C14H9F2N3OS/c15-10-2-1-8(3-11(10)16)13(20)14-19-12(6-21-14)9-4-17-7-18-5-9/h1-7,13,20H. The molecule has 21 heavy (non-hydrogen) atoms. The molecule has 0 saturated heterocycles. The van der Waals surface area contributed by atoms with E-state index >= 15 is 0 Å². The summed E-state index contributed by atoms with van der Waals surface area (Å²) in [7, 11) is 0. The van der Waals surface area contributed by atoms with Crippen LogP contribution in [-0.4, -0.2) is 20.1 Å². The van der Waals surface area contributed by atoms with Crippen molar-refractivity contribution in [3.8, 4) is 11.3 Å². The normalized spacial score (nSPS) is 12.3. The summed E-state index contributed by atoms with van der Waals surface area (Å²) in [6.07, 6.45) is 3.52. The maximum atomic E-state index is 13.2. The molecule has 7 heteroatoms. The van der Waals surface area contributed by atoms with Gasteiger partial charge in [-0.15, -0.1) is 11.3 Å². The van der Waals surface area contributed by atoms with Crippen molar-refractivity contribution >= 4 is 11.3 Å². The van der Waals surface area contributed by atoms with Crippen LogP contribution in [0.25, 0.3) is 11.3 Å². The minimum atomic E-state index is -1.11. The number of aliphatic hydroxyl groups is 1. The van der Waals surface area contributed by atoms with Crippen molar-refractivity contribution in [2.75, 3.05) is 0 Å². The van der Waals surface area contributed by atoms with Gasteiger partial charge in [0.2, 0.25) is 0 Å². The second kappa shape index (κ2) is 5.63. The number of thiazole rings is 1. The molecule has 0 aliphatic carbocycles. The van der Waals surface area contributed by atoms with Gasteiger partial charge in [-0.1, -0.05) is 6.07 Å². The molecule has 1 atom stereocenters. The van der Waals surface area contributed by atoms with Gasteiger partial charge in [0.1, 0.15) is 17.4 Å². The molecule has 0 fully saturated rings. The number of benzene rings is 1. The van der Waals surface area contributed by atoms with E-state index in [0.717, 1.165) is 17.7 Å². The number of hydrogen-bond acceptors (Lipinski definition) is 5. The molecule has 0 amide bonds. The maximum Gasteiger partial charge on any atom is 0.159 e. The summed E-state index contributed by atoms with van der Waals surface area (Å²) < 4.78 is 26.1. The van der Waals surface area contributed by atoms with Crippen molar-refractivity contribution in [3.05, 3.63) is 64.5 Å². The number of rotatable bonds is 3. The van der Waals surface area contributed by atoms with Crippen LogP contribution in [0, 0.1) is 11.6 Å². The Morgan fingerprint density at radius 1 is 1.10 bits per heavy atom. The third-order valence-corrected chi connectivity index (χ3v) is 3.77. The molecule has 0 spiro atoms. The number of hydrogen-bond donors (Lipinski definition) is 1. The second-order valence-electron chi connectivity index (χ2n) is 4.27. The summed E-state index contributed by atoms with van der Waals surface area (Å²) in [6, 6.07) is 3.27. The van der Waals surface area contributed by atoms with Gasteiger partial charge in [-0.25, -0.2) is 23.7 Å². The fourth-order valence-electron chi connectivity index (χ4n) is 1.80. The fourth-order valence-corrected chi connectivity index (χ4v) is 2.64. The van der Waals surface area contributed by atoms with Crippen LogP contribution in [0.15, 0.2) is 42.3 Å². The number of aliphatic hydroxyl groups excluding tert-OH is 1. The molecule has 0 saturated carbocycles. The van der Waals surface area contributed by atoms with Gasteiger partial charge in [0.15, 0.2) is 11.6 Å². The van der Waals surface area contributed by atoms with E-state index in [0.29, 0.717) is 10.7 Å². The third-order valence-electron chi connectivity index (χ3n) is 2.87. The predicted molar refractivity (Wildman–Crippen MR) is 73.6 cm³/mol. The van der Waals surface area contributed by atoms with Crippen molar-refractivity contribution in [2.45, 2.75) is 6.10 Å². The van der Waals surface area contributed by atoms with E-state index in [2.05, 4.69) is 15.0 Å². The lowest BCUT2D eigenvalue weighted by Crippen LogP contribution is -2.00. The third kappa shape index (κ3) is 2.79. The maximum absolute atomic E-state index is 13.2. The van der Waals surface area contributed by atoms with Gasteiger partial charge in [0.05, 0.1) is 5.69 Å². The summed E-state index contributed by atoms with van der Waals surface area (Å²) in [5.41, 5.74) is 1.59. The highest BCUT2D eigenvalue weighted by Gasteiger charge is 2.17. The molecule has 0 aliphatic rings. The van der Waals surface area contributed by atoms with Crippen LogP contribution in [-0.2, 0) is 0 Å². The Bertz CT molecular complexity index is 764. The van der Waals surface area contributed by atoms with Crippen LogP contribution in [0.2, 0.25) is 0 Å². The van der Waals surface area contributed by atoms with E-state index in [1.165, 1.54) is 23.7 Å². The van der Waals surface area contributed by atoms with E-state index < -0.39 is 17.7 Å². The summed E-state index contributed by atoms with van der Waals surface area (Å²) in [5.74, 6) is -1.95. The van der Waals surface area contributed by atoms with Gasteiger partial charge >= 0.3 is 0 Å². The Morgan fingerprint density at radius 2 is 1.86 bits per heavy atom. The molecule has 1 unspecified atom stereocenters. The highest BCUT2D eigenvalue weighted by molar-refractivity contribution is 7.10. The van der Waals surface area contributed by atoms with Gasteiger partial charge in [-0.3, -0.25) is 0 Å². The number of aromatic nitrogens is 3. The van der Waals surface area contributed by atoms with Gasteiger partial charge in [-0.2, -0.15) is 0 Å². The Balaban J connectivity index is 1.90. The molecule has 3 aromatic rings. The average Bonchev–Trinajstić information content (AvgIpc) is 3.00. The minimum Gasteiger partial charge on any atom is -0.381 e. The highest BCUT2D eigenvalue weighted by Crippen LogP contribution is 2.29. The summed E-state index contributed by atoms with van der Waals surface area (Å²) in [6.45, 7) is 0. The van der Waals surface area contributed by atoms with Crippen molar-refractivity contribution in [1.82, 2.24) is 15.0 Å². The molecular weight excluding hydrogens is 296 g/mol. The molecule has 2 heterocycles. The molecule has 0 aliphatic heterocycles. The molecular formula is C14H9F2N3OS. The lowest BCUT2D eigenvalue weighted by atomic mass is 10.1. The zero-order chi connectivity index (χ0) is 14.8. The molecule has 0 radical (unpaired) electrons. The quantitative estimate of drug-likeness (QED) is 0.808. The van der Waals surface area contributed by atoms with E-state index in [4.69, 9.17) is 0 Å². The van der Waals surface area contributed by atoms with Crippen molar-refractivity contribution < 1.29 is 13.9 Å². The Labute approximate surface area is 122 Å². The first-order valence-electron chi connectivity index (χ1n) is 5.99. The molecule has 106 valence electrons. The summed E-state index contributed by atoms with van der Waals surface area (Å²) >= 11 is 1.22. The van der Waals surface area contributed by atoms with Crippen LogP contribution in [0.4, 0.5) is 8.78 Å².